The average Bonchev–Trinajstić information content (AvgIpc) is 2.54. The lowest BCUT2D eigenvalue weighted by Gasteiger charge is -2.35. The number of hydrogen-bond acceptors (Lipinski definition) is 2. The summed E-state index contributed by atoms with van der Waals surface area (Å²) >= 11 is 0. The van der Waals surface area contributed by atoms with Gasteiger partial charge in [-0.2, -0.15) is 0 Å². The predicted molar refractivity (Wildman–Crippen MR) is 91.5 cm³/mol. The molecule has 1 N–H and O–H groups in total. The van der Waals surface area contributed by atoms with E-state index in [1.54, 1.807) is 0 Å². The minimum atomic E-state index is 0.497. The van der Waals surface area contributed by atoms with Crippen molar-refractivity contribution in [1.82, 2.24) is 10.2 Å². The lowest BCUT2D eigenvalue weighted by Crippen LogP contribution is -2.44. The number of likely N-dealkylation sites (tertiary alicyclic amines) is 1. The van der Waals surface area contributed by atoms with Crippen molar-refractivity contribution < 1.29 is 0 Å². The summed E-state index contributed by atoms with van der Waals surface area (Å²) in [7, 11) is 2.28. The van der Waals surface area contributed by atoms with E-state index in [2.05, 4.69) is 61.4 Å². The number of hydrogen-bond donors (Lipinski definition) is 1. The zero-order chi connectivity index (χ0) is 15.1. The second-order valence-corrected chi connectivity index (χ2v) is 6.50. The molecule has 2 unspecified atom stereocenters. The molecule has 1 aromatic carbocycles. The van der Waals surface area contributed by atoms with Gasteiger partial charge in [-0.25, -0.2) is 0 Å². The third-order valence-corrected chi connectivity index (χ3v) is 5.17. The molecule has 0 aliphatic carbocycles. The van der Waals surface area contributed by atoms with Crippen molar-refractivity contribution >= 4 is 0 Å². The van der Waals surface area contributed by atoms with Gasteiger partial charge in [0.15, 0.2) is 0 Å². The summed E-state index contributed by atoms with van der Waals surface area (Å²) in [4.78, 5) is 2.53. The Morgan fingerprint density at radius 2 is 1.86 bits per heavy atom. The van der Waals surface area contributed by atoms with Crippen LogP contribution in [0.5, 0.6) is 0 Å². The maximum absolute atomic E-state index is 3.90. The van der Waals surface area contributed by atoms with Crippen LogP contribution in [0, 0.1) is 5.92 Å². The smallest absolute Gasteiger partial charge is 0.0349 e. The fourth-order valence-electron chi connectivity index (χ4n) is 3.64. The van der Waals surface area contributed by atoms with Crippen LogP contribution in [-0.4, -0.2) is 31.1 Å². The van der Waals surface area contributed by atoms with E-state index in [1.807, 2.05) is 0 Å². The standard InChI is InChI=1S/C19H32N2/c1-4-16(5-2)19(17-11-7-6-8-12-17)20-15-18-13-9-10-14-21(18)3/h6-8,11-12,16,18-20H,4-5,9-10,13-15H2,1-3H3. The number of nitrogens with zero attached hydrogens (tertiary/aromatic N) is 1. The molecule has 0 bridgehead atoms. The molecule has 1 saturated heterocycles. The first-order chi connectivity index (χ1) is 10.3. The highest BCUT2D eigenvalue weighted by Gasteiger charge is 2.23. The molecule has 21 heavy (non-hydrogen) atoms. The minimum absolute atomic E-state index is 0.497. The Hall–Kier alpha value is -0.860. The molecule has 0 saturated carbocycles. The predicted octanol–water partition coefficient (Wildman–Crippen LogP) is 4.24. The number of piperidine rings is 1. The van der Waals surface area contributed by atoms with Crippen molar-refractivity contribution in [2.75, 3.05) is 20.1 Å². The molecular formula is C19H32N2. The number of rotatable bonds is 7. The second-order valence-electron chi connectivity index (χ2n) is 6.50. The molecule has 1 aromatic rings. The lowest BCUT2D eigenvalue weighted by molar-refractivity contribution is 0.171. The molecule has 118 valence electrons. The topological polar surface area (TPSA) is 15.3 Å². The van der Waals surface area contributed by atoms with Crippen molar-refractivity contribution in [3.63, 3.8) is 0 Å². The van der Waals surface area contributed by atoms with Gasteiger partial charge < -0.3 is 10.2 Å². The SMILES string of the molecule is CCC(CC)C(NCC1CCCCN1C)c1ccccc1. The van der Waals surface area contributed by atoms with E-state index in [4.69, 9.17) is 0 Å². The van der Waals surface area contributed by atoms with Crippen LogP contribution >= 0.6 is 0 Å². The van der Waals surface area contributed by atoms with Crippen LogP contribution < -0.4 is 5.32 Å². The Morgan fingerprint density at radius 3 is 2.48 bits per heavy atom. The molecule has 2 nitrogen and oxygen atoms in total. The summed E-state index contributed by atoms with van der Waals surface area (Å²) in [6.07, 6.45) is 6.57. The largest absolute Gasteiger partial charge is 0.308 e. The van der Waals surface area contributed by atoms with E-state index in [-0.39, 0.29) is 0 Å². The van der Waals surface area contributed by atoms with E-state index in [0.29, 0.717) is 12.1 Å². The summed E-state index contributed by atoms with van der Waals surface area (Å²) in [6, 6.07) is 12.2. The van der Waals surface area contributed by atoms with Crippen molar-refractivity contribution in [2.45, 2.75) is 58.0 Å². The van der Waals surface area contributed by atoms with Gasteiger partial charge in [0.1, 0.15) is 0 Å². The van der Waals surface area contributed by atoms with E-state index < -0.39 is 0 Å². The van der Waals surface area contributed by atoms with Gasteiger partial charge in [0.05, 0.1) is 0 Å². The molecule has 1 aliphatic heterocycles. The summed E-state index contributed by atoms with van der Waals surface area (Å²) < 4.78 is 0. The second kappa shape index (κ2) is 8.55. The molecule has 0 radical (unpaired) electrons. The fraction of sp³-hybridized carbons (Fsp3) is 0.684. The van der Waals surface area contributed by atoms with E-state index in [0.717, 1.165) is 12.5 Å². The van der Waals surface area contributed by atoms with Crippen molar-refractivity contribution in [1.29, 1.82) is 0 Å². The van der Waals surface area contributed by atoms with Gasteiger partial charge in [-0.1, -0.05) is 63.4 Å². The van der Waals surface area contributed by atoms with Gasteiger partial charge in [-0.15, -0.1) is 0 Å². The molecule has 0 spiro atoms. The molecule has 2 heteroatoms. The van der Waals surface area contributed by atoms with Crippen LogP contribution in [0.2, 0.25) is 0 Å². The molecule has 2 rings (SSSR count). The molecular weight excluding hydrogens is 256 g/mol. The summed E-state index contributed by atoms with van der Waals surface area (Å²) in [5.74, 6) is 0.723. The van der Waals surface area contributed by atoms with Crippen LogP contribution in [0.1, 0.15) is 57.6 Å². The number of benzene rings is 1. The zero-order valence-electron chi connectivity index (χ0n) is 14.0. The monoisotopic (exact) mass is 288 g/mol. The fourth-order valence-corrected chi connectivity index (χ4v) is 3.64. The van der Waals surface area contributed by atoms with Gasteiger partial charge >= 0.3 is 0 Å². The van der Waals surface area contributed by atoms with Crippen LogP contribution in [0.3, 0.4) is 0 Å². The van der Waals surface area contributed by atoms with Crippen molar-refractivity contribution in [3.05, 3.63) is 35.9 Å². The molecule has 2 atom stereocenters. The molecule has 0 aromatic heterocycles. The molecule has 1 fully saturated rings. The Kier molecular flexibility index (Phi) is 6.72. The van der Waals surface area contributed by atoms with Crippen LogP contribution in [0.4, 0.5) is 0 Å². The van der Waals surface area contributed by atoms with Crippen LogP contribution in [0.25, 0.3) is 0 Å². The van der Waals surface area contributed by atoms with Crippen LogP contribution in [-0.2, 0) is 0 Å². The average molecular weight is 288 g/mol. The third-order valence-electron chi connectivity index (χ3n) is 5.17. The lowest BCUT2D eigenvalue weighted by atomic mass is 9.88. The maximum atomic E-state index is 3.90. The summed E-state index contributed by atoms with van der Waals surface area (Å²) in [5.41, 5.74) is 1.45. The Bertz CT molecular complexity index is 386. The molecule has 1 heterocycles. The molecule has 1 aliphatic rings. The first kappa shape index (κ1) is 16.5. The highest BCUT2D eigenvalue weighted by atomic mass is 15.2. The maximum Gasteiger partial charge on any atom is 0.0349 e. The van der Waals surface area contributed by atoms with Crippen molar-refractivity contribution in [3.8, 4) is 0 Å². The van der Waals surface area contributed by atoms with E-state index in [9.17, 15) is 0 Å². The normalized spacial score (nSPS) is 21.6. The molecule has 0 amide bonds. The Morgan fingerprint density at radius 1 is 1.14 bits per heavy atom. The minimum Gasteiger partial charge on any atom is -0.308 e. The zero-order valence-corrected chi connectivity index (χ0v) is 14.0. The van der Waals surface area contributed by atoms with Crippen LogP contribution in [0.15, 0.2) is 30.3 Å². The van der Waals surface area contributed by atoms with Gasteiger partial charge in [-0.3, -0.25) is 0 Å². The number of likely N-dealkylation sites (N-methyl/N-ethyl adjacent to an activating group) is 1. The third kappa shape index (κ3) is 4.55. The Labute approximate surface area is 130 Å². The highest BCUT2D eigenvalue weighted by molar-refractivity contribution is 5.19. The number of nitrogens with one attached hydrogen (secondary N) is 1. The van der Waals surface area contributed by atoms with Gasteiger partial charge in [0.2, 0.25) is 0 Å². The van der Waals surface area contributed by atoms with Gasteiger partial charge in [0, 0.05) is 18.6 Å². The summed E-state index contributed by atoms with van der Waals surface area (Å²) in [5, 5.41) is 3.90. The summed E-state index contributed by atoms with van der Waals surface area (Å²) in [6.45, 7) is 7.01. The van der Waals surface area contributed by atoms with Crippen molar-refractivity contribution in [2.24, 2.45) is 5.92 Å². The first-order valence-electron chi connectivity index (χ1n) is 8.74. The first-order valence-corrected chi connectivity index (χ1v) is 8.74. The Balaban J connectivity index is 2.02. The van der Waals surface area contributed by atoms with E-state index >= 15 is 0 Å². The quantitative estimate of drug-likeness (QED) is 0.807. The van der Waals surface area contributed by atoms with Gasteiger partial charge in [0.25, 0.3) is 0 Å². The highest BCUT2D eigenvalue weighted by Crippen LogP contribution is 2.27. The van der Waals surface area contributed by atoms with Gasteiger partial charge in [-0.05, 0) is 37.9 Å². The van der Waals surface area contributed by atoms with E-state index in [1.165, 1.54) is 44.2 Å².